The Morgan fingerprint density at radius 2 is 1.95 bits per heavy atom. The van der Waals surface area contributed by atoms with Gasteiger partial charge < -0.3 is 10.1 Å². The first-order valence-corrected chi connectivity index (χ1v) is 8.60. The lowest BCUT2D eigenvalue weighted by Gasteiger charge is -2.43. The van der Waals surface area contributed by atoms with E-state index in [4.69, 9.17) is 4.74 Å². The standard InChI is InChI=1S/C17H27BrN2O/c1-5-21-15-7-6-13(18)12-14(15)16(17(2,3)4)20-10-8-19-9-11-20/h6-7,12,16,19H,5,8-11H2,1-4H3/t16-/m0/s1. The van der Waals surface area contributed by atoms with Gasteiger partial charge in [-0.25, -0.2) is 0 Å². The zero-order valence-electron chi connectivity index (χ0n) is 13.6. The van der Waals surface area contributed by atoms with Crippen molar-refractivity contribution in [3.8, 4) is 5.75 Å². The van der Waals surface area contributed by atoms with Crippen LogP contribution in [0.4, 0.5) is 0 Å². The molecule has 1 aliphatic heterocycles. The molecule has 2 rings (SSSR count). The summed E-state index contributed by atoms with van der Waals surface area (Å²) in [5.41, 5.74) is 1.45. The van der Waals surface area contributed by atoms with E-state index < -0.39 is 0 Å². The quantitative estimate of drug-likeness (QED) is 0.888. The van der Waals surface area contributed by atoms with Crippen molar-refractivity contribution in [1.29, 1.82) is 0 Å². The van der Waals surface area contributed by atoms with Gasteiger partial charge in [-0.3, -0.25) is 4.90 Å². The first kappa shape index (κ1) is 16.8. The fraction of sp³-hybridized carbons (Fsp3) is 0.647. The van der Waals surface area contributed by atoms with Crippen LogP contribution in [0.15, 0.2) is 22.7 Å². The maximum Gasteiger partial charge on any atom is 0.124 e. The molecule has 1 N–H and O–H groups in total. The van der Waals surface area contributed by atoms with Gasteiger partial charge in [0.05, 0.1) is 6.61 Å². The molecule has 1 heterocycles. The minimum atomic E-state index is 0.157. The highest BCUT2D eigenvalue weighted by Gasteiger charge is 2.34. The lowest BCUT2D eigenvalue weighted by molar-refractivity contribution is 0.0836. The Morgan fingerprint density at radius 3 is 2.52 bits per heavy atom. The molecule has 21 heavy (non-hydrogen) atoms. The first-order valence-electron chi connectivity index (χ1n) is 7.80. The highest BCUT2D eigenvalue weighted by Crippen LogP contribution is 2.42. The van der Waals surface area contributed by atoms with Gasteiger partial charge in [0, 0.05) is 42.3 Å². The predicted octanol–water partition coefficient (Wildman–Crippen LogP) is 3.84. The van der Waals surface area contributed by atoms with Crippen molar-refractivity contribution < 1.29 is 4.74 Å². The van der Waals surface area contributed by atoms with Gasteiger partial charge >= 0.3 is 0 Å². The molecule has 1 fully saturated rings. The second-order valence-electron chi connectivity index (χ2n) is 6.67. The summed E-state index contributed by atoms with van der Waals surface area (Å²) in [4.78, 5) is 2.58. The largest absolute Gasteiger partial charge is 0.494 e. The van der Waals surface area contributed by atoms with E-state index in [2.05, 4.69) is 65.1 Å². The summed E-state index contributed by atoms with van der Waals surface area (Å²) < 4.78 is 7.01. The maximum absolute atomic E-state index is 5.90. The Balaban J connectivity index is 2.42. The fourth-order valence-corrected chi connectivity index (χ4v) is 3.55. The highest BCUT2D eigenvalue weighted by molar-refractivity contribution is 9.10. The Bertz CT molecular complexity index is 464. The van der Waals surface area contributed by atoms with E-state index in [1.165, 1.54) is 5.56 Å². The summed E-state index contributed by atoms with van der Waals surface area (Å²) in [6, 6.07) is 6.73. The van der Waals surface area contributed by atoms with Crippen LogP contribution >= 0.6 is 15.9 Å². The molecule has 3 nitrogen and oxygen atoms in total. The summed E-state index contributed by atoms with van der Waals surface area (Å²) in [7, 11) is 0. The van der Waals surface area contributed by atoms with Crippen molar-refractivity contribution in [3.63, 3.8) is 0 Å². The third-order valence-corrected chi connectivity index (χ3v) is 4.40. The van der Waals surface area contributed by atoms with Crippen molar-refractivity contribution >= 4 is 15.9 Å². The third-order valence-electron chi connectivity index (χ3n) is 3.90. The van der Waals surface area contributed by atoms with Gasteiger partial charge in [0.1, 0.15) is 5.75 Å². The van der Waals surface area contributed by atoms with Crippen LogP contribution in [0.1, 0.15) is 39.3 Å². The monoisotopic (exact) mass is 354 g/mol. The number of benzene rings is 1. The van der Waals surface area contributed by atoms with Crippen LogP contribution in [0, 0.1) is 5.41 Å². The summed E-state index contributed by atoms with van der Waals surface area (Å²) >= 11 is 3.62. The Hall–Kier alpha value is -0.580. The van der Waals surface area contributed by atoms with Gasteiger partial charge in [0.25, 0.3) is 0 Å². The Morgan fingerprint density at radius 1 is 1.29 bits per heavy atom. The summed E-state index contributed by atoms with van der Waals surface area (Å²) in [6.45, 7) is 14.0. The molecule has 1 aromatic rings. The smallest absolute Gasteiger partial charge is 0.124 e. The topological polar surface area (TPSA) is 24.5 Å². The van der Waals surface area contributed by atoms with Gasteiger partial charge in [0.2, 0.25) is 0 Å². The molecule has 1 atom stereocenters. The molecule has 0 bridgehead atoms. The number of hydrogen-bond acceptors (Lipinski definition) is 3. The van der Waals surface area contributed by atoms with Crippen molar-refractivity contribution in [2.75, 3.05) is 32.8 Å². The minimum Gasteiger partial charge on any atom is -0.494 e. The zero-order chi connectivity index (χ0) is 15.5. The number of ether oxygens (including phenoxy) is 1. The molecular weight excluding hydrogens is 328 g/mol. The molecule has 0 unspecified atom stereocenters. The minimum absolute atomic E-state index is 0.157. The first-order chi connectivity index (χ1) is 9.93. The van der Waals surface area contributed by atoms with Crippen LogP contribution in [0.5, 0.6) is 5.75 Å². The van der Waals surface area contributed by atoms with E-state index in [0.29, 0.717) is 12.6 Å². The lowest BCUT2D eigenvalue weighted by Crippen LogP contribution is -2.48. The molecule has 0 radical (unpaired) electrons. The number of hydrogen-bond donors (Lipinski definition) is 1. The number of piperazine rings is 1. The molecule has 1 aliphatic rings. The van der Waals surface area contributed by atoms with E-state index in [0.717, 1.165) is 36.4 Å². The van der Waals surface area contributed by atoms with E-state index in [9.17, 15) is 0 Å². The molecular formula is C17H27BrN2O. The van der Waals surface area contributed by atoms with Gasteiger partial charge in [-0.2, -0.15) is 0 Å². The third kappa shape index (κ3) is 4.21. The Labute approximate surface area is 137 Å². The van der Waals surface area contributed by atoms with Crippen LogP contribution in [-0.2, 0) is 0 Å². The normalized spacial score (nSPS) is 18.5. The molecule has 1 saturated heterocycles. The van der Waals surface area contributed by atoms with Crippen LogP contribution in [-0.4, -0.2) is 37.7 Å². The van der Waals surface area contributed by atoms with Crippen LogP contribution < -0.4 is 10.1 Å². The predicted molar refractivity (Wildman–Crippen MR) is 91.9 cm³/mol. The van der Waals surface area contributed by atoms with Crippen molar-refractivity contribution in [3.05, 3.63) is 28.2 Å². The SMILES string of the molecule is CCOc1ccc(Br)cc1[C@H](N1CCNCC1)C(C)(C)C. The number of nitrogens with zero attached hydrogens (tertiary/aromatic N) is 1. The van der Waals surface area contributed by atoms with Crippen molar-refractivity contribution in [1.82, 2.24) is 10.2 Å². The van der Waals surface area contributed by atoms with E-state index in [-0.39, 0.29) is 5.41 Å². The van der Waals surface area contributed by atoms with E-state index in [1.807, 2.05) is 6.92 Å². The summed E-state index contributed by atoms with van der Waals surface area (Å²) in [5.74, 6) is 1.01. The molecule has 0 aliphatic carbocycles. The summed E-state index contributed by atoms with van der Waals surface area (Å²) in [5, 5.41) is 3.44. The van der Waals surface area contributed by atoms with Crippen molar-refractivity contribution in [2.45, 2.75) is 33.7 Å². The Kier molecular flexibility index (Phi) is 5.69. The fourth-order valence-electron chi connectivity index (χ4n) is 3.17. The highest BCUT2D eigenvalue weighted by atomic mass is 79.9. The zero-order valence-corrected chi connectivity index (χ0v) is 15.2. The van der Waals surface area contributed by atoms with E-state index >= 15 is 0 Å². The number of halogens is 1. The molecule has 0 aromatic heterocycles. The maximum atomic E-state index is 5.90. The molecule has 0 saturated carbocycles. The second kappa shape index (κ2) is 7.12. The number of rotatable bonds is 4. The van der Waals surface area contributed by atoms with Gasteiger partial charge in [-0.1, -0.05) is 36.7 Å². The van der Waals surface area contributed by atoms with Gasteiger partial charge in [0.15, 0.2) is 0 Å². The van der Waals surface area contributed by atoms with Gasteiger partial charge in [-0.05, 0) is 30.5 Å². The van der Waals surface area contributed by atoms with Crippen LogP contribution in [0.3, 0.4) is 0 Å². The lowest BCUT2D eigenvalue weighted by atomic mass is 9.80. The average molecular weight is 355 g/mol. The van der Waals surface area contributed by atoms with Crippen molar-refractivity contribution in [2.24, 2.45) is 5.41 Å². The van der Waals surface area contributed by atoms with Gasteiger partial charge in [-0.15, -0.1) is 0 Å². The second-order valence-corrected chi connectivity index (χ2v) is 7.59. The van der Waals surface area contributed by atoms with Crippen LogP contribution in [0.2, 0.25) is 0 Å². The average Bonchev–Trinajstić information content (AvgIpc) is 2.42. The molecule has 118 valence electrons. The number of nitrogens with one attached hydrogen (secondary N) is 1. The summed E-state index contributed by atoms with van der Waals surface area (Å²) in [6.07, 6.45) is 0. The van der Waals surface area contributed by atoms with E-state index in [1.54, 1.807) is 0 Å². The van der Waals surface area contributed by atoms with Crippen LogP contribution in [0.25, 0.3) is 0 Å². The molecule has 0 spiro atoms. The molecule has 4 heteroatoms. The molecule has 0 amide bonds. The molecule has 1 aromatic carbocycles.